The maximum absolute atomic E-state index is 12.3. The van der Waals surface area contributed by atoms with E-state index in [1.165, 1.54) is 4.90 Å². The van der Waals surface area contributed by atoms with Crippen LogP contribution in [0.25, 0.3) is 0 Å². The van der Waals surface area contributed by atoms with Crippen molar-refractivity contribution < 1.29 is 14.5 Å². The molecule has 1 heterocycles. The van der Waals surface area contributed by atoms with Gasteiger partial charge in [-0.1, -0.05) is 12.1 Å². The highest BCUT2D eigenvalue weighted by atomic mass is 16.6. The van der Waals surface area contributed by atoms with Crippen molar-refractivity contribution in [2.45, 2.75) is 13.1 Å². The van der Waals surface area contributed by atoms with Crippen molar-refractivity contribution in [1.29, 1.82) is 0 Å². The fourth-order valence-electron chi connectivity index (χ4n) is 2.15. The molecule has 0 aliphatic rings. The second kappa shape index (κ2) is 7.40. The van der Waals surface area contributed by atoms with E-state index in [-0.39, 0.29) is 18.1 Å². The van der Waals surface area contributed by atoms with Crippen LogP contribution in [0.2, 0.25) is 0 Å². The molecule has 8 heteroatoms. The topological polar surface area (TPSA) is 94.7 Å². The van der Waals surface area contributed by atoms with Gasteiger partial charge in [-0.3, -0.25) is 24.3 Å². The number of nitrogens with zero attached hydrogens (tertiary/aromatic N) is 3. The van der Waals surface area contributed by atoms with Crippen molar-refractivity contribution in [3.8, 4) is 5.75 Å². The molecule has 2 aromatic rings. The molecule has 0 fully saturated rings. The van der Waals surface area contributed by atoms with Crippen LogP contribution in [0, 0.1) is 10.1 Å². The summed E-state index contributed by atoms with van der Waals surface area (Å²) in [6.45, 7) is 0.0701. The van der Waals surface area contributed by atoms with Crippen molar-refractivity contribution in [2.75, 3.05) is 14.2 Å². The molecule has 1 amide bonds. The largest absolute Gasteiger partial charge is 0.497 e. The van der Waals surface area contributed by atoms with Gasteiger partial charge in [0.05, 0.1) is 18.2 Å². The Balaban J connectivity index is 2.10. The zero-order chi connectivity index (χ0) is 17.7. The number of rotatable bonds is 6. The predicted octanol–water partition coefficient (Wildman–Crippen LogP) is 1.42. The molecule has 2 rings (SSSR count). The van der Waals surface area contributed by atoms with Crippen molar-refractivity contribution >= 4 is 11.6 Å². The first kappa shape index (κ1) is 17.2. The van der Waals surface area contributed by atoms with Crippen molar-refractivity contribution in [2.24, 2.45) is 0 Å². The van der Waals surface area contributed by atoms with Gasteiger partial charge in [-0.25, -0.2) is 0 Å². The van der Waals surface area contributed by atoms with Crippen LogP contribution in [0.4, 0.5) is 5.69 Å². The number of hydrogen-bond acceptors (Lipinski definition) is 5. The number of likely N-dealkylation sites (N-methyl/N-ethyl adjacent to an activating group) is 1. The van der Waals surface area contributed by atoms with Crippen LogP contribution in [-0.2, 0) is 17.9 Å². The molecular formula is C16H17N3O5. The lowest BCUT2D eigenvalue weighted by Gasteiger charge is -2.18. The summed E-state index contributed by atoms with van der Waals surface area (Å²) in [5.74, 6) is 0.351. The number of nitro groups is 1. The second-order valence-electron chi connectivity index (χ2n) is 5.21. The van der Waals surface area contributed by atoms with E-state index in [9.17, 15) is 19.7 Å². The summed E-state index contributed by atoms with van der Waals surface area (Å²) in [6.07, 6.45) is 1.07. The summed E-state index contributed by atoms with van der Waals surface area (Å²) in [7, 11) is 3.16. The highest BCUT2D eigenvalue weighted by Crippen LogP contribution is 2.14. The summed E-state index contributed by atoms with van der Waals surface area (Å²) in [5, 5.41) is 10.8. The van der Waals surface area contributed by atoms with Gasteiger partial charge in [-0.05, 0) is 17.7 Å². The Morgan fingerprint density at radius 2 is 2.08 bits per heavy atom. The third-order valence-electron chi connectivity index (χ3n) is 3.46. The highest BCUT2D eigenvalue weighted by Gasteiger charge is 2.14. The lowest BCUT2D eigenvalue weighted by molar-refractivity contribution is -0.385. The van der Waals surface area contributed by atoms with Gasteiger partial charge in [-0.2, -0.15) is 0 Å². The summed E-state index contributed by atoms with van der Waals surface area (Å²) < 4.78 is 6.16. The van der Waals surface area contributed by atoms with Gasteiger partial charge in [0.1, 0.15) is 12.3 Å². The molecule has 24 heavy (non-hydrogen) atoms. The van der Waals surface area contributed by atoms with E-state index in [1.54, 1.807) is 20.2 Å². The lowest BCUT2D eigenvalue weighted by atomic mass is 10.2. The lowest BCUT2D eigenvalue weighted by Crippen LogP contribution is -2.33. The van der Waals surface area contributed by atoms with Crippen LogP contribution in [0.15, 0.2) is 47.4 Å². The molecule has 126 valence electrons. The fraction of sp³-hybridized carbons (Fsp3) is 0.250. The Kier molecular flexibility index (Phi) is 5.31. The van der Waals surface area contributed by atoms with E-state index in [4.69, 9.17) is 4.74 Å². The van der Waals surface area contributed by atoms with E-state index in [1.807, 2.05) is 18.2 Å². The molecule has 0 unspecified atom stereocenters. The minimum atomic E-state index is -0.611. The molecule has 0 saturated heterocycles. The minimum absolute atomic E-state index is 0.238. The van der Waals surface area contributed by atoms with E-state index < -0.39 is 10.5 Å². The maximum Gasteiger partial charge on any atom is 0.285 e. The number of aromatic nitrogens is 1. The molecule has 0 atom stereocenters. The quantitative estimate of drug-likeness (QED) is 0.589. The molecule has 0 aliphatic carbocycles. The summed E-state index contributed by atoms with van der Waals surface area (Å²) in [4.78, 5) is 35.6. The Bertz CT molecular complexity index is 815. The fourth-order valence-corrected chi connectivity index (χ4v) is 2.15. The summed E-state index contributed by atoms with van der Waals surface area (Å²) >= 11 is 0. The number of pyridine rings is 1. The zero-order valence-corrected chi connectivity index (χ0v) is 13.3. The van der Waals surface area contributed by atoms with Gasteiger partial charge in [0.15, 0.2) is 0 Å². The highest BCUT2D eigenvalue weighted by molar-refractivity contribution is 5.75. The Morgan fingerprint density at radius 3 is 2.75 bits per heavy atom. The molecule has 8 nitrogen and oxygen atoms in total. The molecule has 0 N–H and O–H groups in total. The van der Waals surface area contributed by atoms with Crippen LogP contribution in [0.1, 0.15) is 5.56 Å². The first-order chi connectivity index (χ1) is 11.4. The number of methoxy groups -OCH3 is 1. The monoisotopic (exact) mass is 331 g/mol. The third-order valence-corrected chi connectivity index (χ3v) is 3.46. The SMILES string of the molecule is COc1cccc(CN(C)C(=O)Cn2cc([N+](=O)[O-])ccc2=O)c1. The molecular weight excluding hydrogens is 314 g/mol. The molecule has 0 radical (unpaired) electrons. The van der Waals surface area contributed by atoms with Crippen LogP contribution in [0.5, 0.6) is 5.75 Å². The molecule has 1 aromatic carbocycles. The summed E-state index contributed by atoms with van der Waals surface area (Å²) in [6, 6.07) is 9.47. The van der Waals surface area contributed by atoms with Crippen molar-refractivity contribution in [1.82, 2.24) is 9.47 Å². The molecule has 0 saturated carbocycles. The smallest absolute Gasteiger partial charge is 0.285 e. The van der Waals surface area contributed by atoms with Gasteiger partial charge in [0, 0.05) is 25.7 Å². The molecule has 0 bridgehead atoms. The van der Waals surface area contributed by atoms with Crippen LogP contribution in [0.3, 0.4) is 0 Å². The number of ether oxygens (including phenoxy) is 1. The number of hydrogen-bond donors (Lipinski definition) is 0. The molecule has 1 aromatic heterocycles. The van der Waals surface area contributed by atoms with Gasteiger partial charge in [-0.15, -0.1) is 0 Å². The second-order valence-corrected chi connectivity index (χ2v) is 5.21. The zero-order valence-electron chi connectivity index (χ0n) is 13.3. The first-order valence-electron chi connectivity index (χ1n) is 7.12. The van der Waals surface area contributed by atoms with Gasteiger partial charge in [0.2, 0.25) is 5.91 Å². The van der Waals surface area contributed by atoms with E-state index in [0.717, 1.165) is 28.5 Å². The Hall–Kier alpha value is -3.16. The number of carbonyl (C=O) groups excluding carboxylic acids is 1. The Labute approximate surface area is 138 Å². The van der Waals surface area contributed by atoms with Crippen LogP contribution < -0.4 is 10.3 Å². The number of benzene rings is 1. The van der Waals surface area contributed by atoms with E-state index in [2.05, 4.69) is 0 Å². The minimum Gasteiger partial charge on any atom is -0.497 e. The first-order valence-corrected chi connectivity index (χ1v) is 7.12. The van der Waals surface area contributed by atoms with Crippen molar-refractivity contribution in [3.63, 3.8) is 0 Å². The van der Waals surface area contributed by atoms with Gasteiger partial charge < -0.3 is 9.64 Å². The van der Waals surface area contributed by atoms with Crippen LogP contribution in [-0.4, -0.2) is 34.5 Å². The Morgan fingerprint density at radius 1 is 1.33 bits per heavy atom. The third kappa shape index (κ3) is 4.19. The number of carbonyl (C=O) groups is 1. The average molecular weight is 331 g/mol. The molecule has 0 spiro atoms. The predicted molar refractivity (Wildman–Crippen MR) is 86.8 cm³/mol. The molecule has 0 aliphatic heterocycles. The normalized spacial score (nSPS) is 10.2. The van der Waals surface area contributed by atoms with Crippen molar-refractivity contribution in [3.05, 3.63) is 68.6 Å². The van der Waals surface area contributed by atoms with E-state index in [0.29, 0.717) is 12.3 Å². The average Bonchev–Trinajstić information content (AvgIpc) is 2.56. The van der Waals surface area contributed by atoms with Crippen LogP contribution >= 0.6 is 0 Å². The number of amides is 1. The van der Waals surface area contributed by atoms with Gasteiger partial charge >= 0.3 is 0 Å². The maximum atomic E-state index is 12.3. The van der Waals surface area contributed by atoms with E-state index >= 15 is 0 Å². The summed E-state index contributed by atoms with van der Waals surface area (Å²) in [5.41, 5.74) is 0.165. The van der Waals surface area contributed by atoms with Gasteiger partial charge in [0.25, 0.3) is 11.2 Å². The standard InChI is InChI=1S/C16H17N3O5/c1-17(9-12-4-3-5-14(8-12)24-2)16(21)11-18-10-13(19(22)23)6-7-15(18)20/h3-8,10H,9,11H2,1-2H3.